The van der Waals surface area contributed by atoms with Gasteiger partial charge >= 0.3 is 0 Å². The predicted molar refractivity (Wildman–Crippen MR) is 84.4 cm³/mol. The highest BCUT2D eigenvalue weighted by molar-refractivity contribution is 7.77. The summed E-state index contributed by atoms with van der Waals surface area (Å²) in [6, 6.07) is 20.8. The van der Waals surface area contributed by atoms with Gasteiger partial charge in [-0.15, -0.1) is 6.26 Å². The molecule has 0 unspecified atom stereocenters. The number of hydrogen-bond donors (Lipinski definition) is 0. The second kappa shape index (κ2) is 5.90. The molecule has 1 nitrogen and oxygen atoms in total. The molecule has 1 aliphatic rings. The number of hydrogen-bond acceptors (Lipinski definition) is 1. The van der Waals surface area contributed by atoms with Crippen molar-refractivity contribution in [3.05, 3.63) is 96.0 Å². The maximum absolute atomic E-state index is 11.3. The van der Waals surface area contributed by atoms with Crippen molar-refractivity contribution in [2.24, 2.45) is 0 Å². The van der Waals surface area contributed by atoms with Crippen molar-refractivity contribution >= 4 is 18.5 Å². The van der Waals surface area contributed by atoms with Crippen LogP contribution in [0.2, 0.25) is 0 Å². The van der Waals surface area contributed by atoms with Crippen LogP contribution in [-0.2, 0) is 0 Å². The van der Waals surface area contributed by atoms with E-state index in [1.165, 1.54) is 10.6 Å². The third-order valence-electron chi connectivity index (χ3n) is 3.22. The highest BCUT2D eigenvalue weighted by Crippen LogP contribution is 2.48. The highest BCUT2D eigenvalue weighted by Gasteiger charge is 2.21. The Kier molecular flexibility index (Phi) is 3.80. The van der Waals surface area contributed by atoms with Crippen LogP contribution in [0, 0.1) is 0 Å². The summed E-state index contributed by atoms with van der Waals surface area (Å²) in [6.45, 7) is 0. The maximum Gasteiger partial charge on any atom is -0.00907 e. The minimum Gasteiger partial charge on any atom is -0.877 e. The van der Waals surface area contributed by atoms with Crippen molar-refractivity contribution in [1.29, 1.82) is 0 Å². The summed E-state index contributed by atoms with van der Waals surface area (Å²) in [4.78, 5) is 0. The zero-order chi connectivity index (χ0) is 13.8. The van der Waals surface area contributed by atoms with Crippen LogP contribution in [-0.4, -0.2) is 0 Å². The molecule has 0 atom stereocenters. The average molecular weight is 277 g/mol. The van der Waals surface area contributed by atoms with Gasteiger partial charge in [-0.05, 0) is 29.4 Å². The molecule has 0 N–H and O–H groups in total. The third kappa shape index (κ3) is 2.45. The lowest BCUT2D eigenvalue weighted by Gasteiger charge is -2.22. The third-order valence-corrected chi connectivity index (χ3v) is 5.74. The lowest BCUT2D eigenvalue weighted by molar-refractivity contribution is -0.275. The van der Waals surface area contributed by atoms with E-state index in [9.17, 15) is 5.11 Å². The Morgan fingerprint density at radius 2 is 1.35 bits per heavy atom. The minimum absolute atomic E-state index is 0.667. The molecule has 2 aromatic carbocycles. The lowest BCUT2D eigenvalue weighted by Crippen LogP contribution is -2.13. The average Bonchev–Trinajstić information content (AvgIpc) is 2.98. The van der Waals surface area contributed by atoms with E-state index in [1.807, 2.05) is 24.3 Å². The molecule has 0 heterocycles. The van der Waals surface area contributed by atoms with Crippen LogP contribution in [0.1, 0.15) is 0 Å². The number of benzene rings is 2. The van der Waals surface area contributed by atoms with Gasteiger partial charge in [-0.3, -0.25) is 0 Å². The van der Waals surface area contributed by atoms with Crippen molar-refractivity contribution in [1.82, 2.24) is 0 Å². The minimum atomic E-state index is -0.667. The van der Waals surface area contributed by atoms with Crippen molar-refractivity contribution in [2.45, 2.75) is 0 Å². The first-order valence-electron chi connectivity index (χ1n) is 6.51. The quantitative estimate of drug-likeness (QED) is 0.625. The van der Waals surface area contributed by atoms with Crippen LogP contribution in [0.15, 0.2) is 96.0 Å². The van der Waals surface area contributed by atoms with Gasteiger partial charge in [-0.25, -0.2) is 0 Å². The van der Waals surface area contributed by atoms with E-state index in [-0.39, 0.29) is 0 Å². The molecule has 0 radical (unpaired) electrons. The van der Waals surface area contributed by atoms with Gasteiger partial charge in [0.2, 0.25) is 0 Å². The number of allylic oxidation sites excluding steroid dienone is 5. The van der Waals surface area contributed by atoms with Crippen molar-refractivity contribution < 1.29 is 5.11 Å². The highest BCUT2D eigenvalue weighted by atomic mass is 31.1. The van der Waals surface area contributed by atoms with Crippen LogP contribution >= 0.6 is 7.92 Å². The Hall–Kier alpha value is -2.11. The van der Waals surface area contributed by atoms with Crippen molar-refractivity contribution in [3.8, 4) is 0 Å². The Morgan fingerprint density at radius 3 is 1.85 bits per heavy atom. The Balaban J connectivity index is 2.11. The van der Waals surface area contributed by atoms with Crippen LogP contribution < -0.4 is 15.7 Å². The summed E-state index contributed by atoms with van der Waals surface area (Å²) >= 11 is 0. The zero-order valence-corrected chi connectivity index (χ0v) is 11.8. The van der Waals surface area contributed by atoms with E-state index >= 15 is 0 Å². The van der Waals surface area contributed by atoms with Gasteiger partial charge in [0.25, 0.3) is 0 Å². The fraction of sp³-hybridized carbons (Fsp3) is 0. The molecular weight excluding hydrogens is 263 g/mol. The van der Waals surface area contributed by atoms with Gasteiger partial charge in [-0.2, -0.15) is 0 Å². The molecule has 0 bridgehead atoms. The molecule has 2 heteroatoms. The van der Waals surface area contributed by atoms with Crippen LogP contribution in [0.25, 0.3) is 0 Å². The Labute approximate surface area is 120 Å². The van der Waals surface area contributed by atoms with Crippen molar-refractivity contribution in [2.75, 3.05) is 0 Å². The molecule has 1 aliphatic carbocycles. The first kappa shape index (κ1) is 12.9. The van der Waals surface area contributed by atoms with E-state index in [0.717, 1.165) is 17.1 Å². The second-order valence-electron chi connectivity index (χ2n) is 4.49. The largest absolute Gasteiger partial charge is 0.877 e. The first-order chi connectivity index (χ1) is 9.90. The van der Waals surface area contributed by atoms with Gasteiger partial charge in [0.15, 0.2) is 0 Å². The molecule has 0 spiro atoms. The SMILES string of the molecule is [O-]/C=C1\C=CC=C1P(c1ccccc1)c1ccccc1. The molecule has 0 aliphatic heterocycles. The van der Waals surface area contributed by atoms with Gasteiger partial charge in [-0.1, -0.05) is 78.9 Å². The molecule has 0 saturated heterocycles. The molecule has 98 valence electrons. The van der Waals surface area contributed by atoms with Crippen LogP contribution in [0.5, 0.6) is 0 Å². The summed E-state index contributed by atoms with van der Waals surface area (Å²) in [7, 11) is -0.667. The van der Waals surface area contributed by atoms with Crippen LogP contribution in [0.3, 0.4) is 0 Å². The van der Waals surface area contributed by atoms with Crippen molar-refractivity contribution in [3.63, 3.8) is 0 Å². The van der Waals surface area contributed by atoms with Gasteiger partial charge < -0.3 is 5.11 Å². The second-order valence-corrected chi connectivity index (χ2v) is 6.68. The van der Waals surface area contributed by atoms with E-state index in [1.54, 1.807) is 0 Å². The molecular formula is C18H14OP-. The Morgan fingerprint density at radius 1 is 0.800 bits per heavy atom. The fourth-order valence-corrected chi connectivity index (χ4v) is 4.72. The summed E-state index contributed by atoms with van der Waals surface area (Å²) < 4.78 is 0. The zero-order valence-electron chi connectivity index (χ0n) is 10.9. The molecule has 2 aromatic rings. The maximum atomic E-state index is 11.3. The standard InChI is InChI=1S/C18H15OP/c19-14-15-8-7-13-18(15)20(16-9-3-1-4-10-16)17-11-5-2-6-12-17/h1-14,19H/p-1/b15-14+. The molecule has 0 saturated carbocycles. The van der Waals surface area contributed by atoms with Gasteiger partial charge in [0, 0.05) is 0 Å². The molecule has 3 rings (SSSR count). The summed E-state index contributed by atoms with van der Waals surface area (Å²) in [5, 5.41) is 14.9. The molecule has 0 fully saturated rings. The van der Waals surface area contributed by atoms with E-state index in [2.05, 4.69) is 54.6 Å². The fourth-order valence-electron chi connectivity index (χ4n) is 2.31. The predicted octanol–water partition coefficient (Wildman–Crippen LogP) is 2.82. The smallest absolute Gasteiger partial charge is 0.00907 e. The molecule has 20 heavy (non-hydrogen) atoms. The van der Waals surface area contributed by atoms with E-state index in [0.29, 0.717) is 0 Å². The first-order valence-corrected chi connectivity index (χ1v) is 7.85. The number of rotatable bonds is 3. The summed E-state index contributed by atoms with van der Waals surface area (Å²) in [5.41, 5.74) is 0.795. The normalized spacial score (nSPS) is 15.8. The lowest BCUT2D eigenvalue weighted by atomic mass is 10.3. The summed E-state index contributed by atoms with van der Waals surface area (Å²) in [5.74, 6) is 0. The molecule has 0 aromatic heterocycles. The van der Waals surface area contributed by atoms with Gasteiger partial charge in [0.1, 0.15) is 0 Å². The molecule has 0 amide bonds. The topological polar surface area (TPSA) is 23.1 Å². The Bertz CT molecular complexity index is 630. The van der Waals surface area contributed by atoms with Gasteiger partial charge in [0.05, 0.1) is 0 Å². The summed E-state index contributed by atoms with van der Waals surface area (Å²) in [6.07, 6.45) is 6.87. The van der Waals surface area contributed by atoms with Crippen LogP contribution in [0.4, 0.5) is 0 Å². The van der Waals surface area contributed by atoms with E-state index in [4.69, 9.17) is 0 Å². The van der Waals surface area contributed by atoms with E-state index < -0.39 is 7.92 Å². The monoisotopic (exact) mass is 277 g/mol.